The highest BCUT2D eigenvalue weighted by Gasteiger charge is 2.51. The fourth-order valence-electron chi connectivity index (χ4n) is 6.47. The molecule has 3 aliphatic rings. The maximum absolute atomic E-state index is 14.2. The summed E-state index contributed by atoms with van der Waals surface area (Å²) in [4.78, 5) is 66.6. The van der Waals surface area contributed by atoms with Crippen LogP contribution in [-0.4, -0.2) is 73.5 Å². The molecule has 6 rings (SSSR count). The third-order valence-corrected chi connectivity index (χ3v) is 10.9. The van der Waals surface area contributed by atoms with Crippen LogP contribution in [-0.2, 0) is 19.8 Å². The number of carbonyl (C=O) groups is 3. The predicted molar refractivity (Wildman–Crippen MR) is 155 cm³/mol. The number of benzene rings is 1. The predicted octanol–water partition coefficient (Wildman–Crippen LogP) is 4.10. The molecular weight excluding hydrogens is 601 g/mol. The van der Waals surface area contributed by atoms with Gasteiger partial charge in [0.15, 0.2) is 0 Å². The van der Waals surface area contributed by atoms with Crippen molar-refractivity contribution in [3.63, 3.8) is 0 Å². The molecule has 3 aliphatic heterocycles. The molecule has 14 heteroatoms. The van der Waals surface area contributed by atoms with Gasteiger partial charge in [-0.25, -0.2) is 0 Å². The number of carbonyl (C=O) groups excluding carboxylic acids is 3. The van der Waals surface area contributed by atoms with Gasteiger partial charge in [0.1, 0.15) is 12.1 Å². The summed E-state index contributed by atoms with van der Waals surface area (Å²) < 4.78 is 40.2. The molecule has 5 heterocycles. The van der Waals surface area contributed by atoms with Crippen molar-refractivity contribution in [2.45, 2.75) is 68.7 Å². The van der Waals surface area contributed by atoms with Crippen LogP contribution in [0.4, 0.5) is 8.78 Å². The third-order valence-electron chi connectivity index (χ3n) is 8.81. The van der Waals surface area contributed by atoms with Gasteiger partial charge >= 0.3 is 13.3 Å². The van der Waals surface area contributed by atoms with Crippen LogP contribution in [0.5, 0.6) is 0 Å². The normalized spacial score (nSPS) is 23.2. The van der Waals surface area contributed by atoms with E-state index in [-0.39, 0.29) is 34.0 Å². The van der Waals surface area contributed by atoms with E-state index < -0.39 is 36.8 Å². The summed E-state index contributed by atoms with van der Waals surface area (Å²) >= 11 is 1.02. The number of nitrogens with one attached hydrogen (secondary N) is 1. The minimum Gasteiger partial charge on any atom is -0.340 e. The van der Waals surface area contributed by atoms with Crippen LogP contribution in [0.25, 0.3) is 10.1 Å². The highest BCUT2D eigenvalue weighted by molar-refractivity contribution is 7.52. The summed E-state index contributed by atoms with van der Waals surface area (Å²) in [5.41, 5.74) is -3.15. The number of thiophene rings is 1. The van der Waals surface area contributed by atoms with Gasteiger partial charge in [-0.2, -0.15) is 8.78 Å². The first kappa shape index (κ1) is 29.8. The number of pyridine rings is 1. The number of fused-ring (bicyclic) bond motifs is 2. The fraction of sp³-hybridized carbons (Fsp3) is 0.448. The molecule has 0 aliphatic carbocycles. The summed E-state index contributed by atoms with van der Waals surface area (Å²) in [5, 5.41) is 3.02. The minimum absolute atomic E-state index is 0.0700. The molecule has 3 amide bonds. The van der Waals surface area contributed by atoms with Gasteiger partial charge in [0.25, 0.3) is 5.91 Å². The Morgan fingerprint density at radius 2 is 1.88 bits per heavy atom. The third kappa shape index (κ3) is 5.37. The summed E-state index contributed by atoms with van der Waals surface area (Å²) in [6.45, 7) is 3.09. The van der Waals surface area contributed by atoms with Crippen molar-refractivity contribution in [2.75, 3.05) is 13.1 Å². The van der Waals surface area contributed by atoms with Crippen LogP contribution in [0, 0.1) is 6.92 Å². The van der Waals surface area contributed by atoms with Crippen molar-refractivity contribution in [1.29, 1.82) is 0 Å². The number of alkyl halides is 2. The van der Waals surface area contributed by atoms with E-state index in [1.807, 2.05) is 19.1 Å². The van der Waals surface area contributed by atoms with Crippen molar-refractivity contribution in [2.24, 2.45) is 0 Å². The molecule has 3 saturated heterocycles. The second-order valence-electron chi connectivity index (χ2n) is 11.5. The van der Waals surface area contributed by atoms with E-state index in [2.05, 4.69) is 10.3 Å². The molecule has 3 atom stereocenters. The lowest BCUT2D eigenvalue weighted by Crippen LogP contribution is -2.58. The van der Waals surface area contributed by atoms with Crippen LogP contribution in [0.3, 0.4) is 0 Å². The van der Waals surface area contributed by atoms with Crippen molar-refractivity contribution in [1.82, 2.24) is 20.1 Å². The van der Waals surface area contributed by atoms with Gasteiger partial charge in [-0.3, -0.25) is 23.9 Å². The first-order chi connectivity index (χ1) is 20.3. The Labute approximate surface area is 250 Å². The number of aromatic nitrogens is 1. The lowest BCUT2D eigenvalue weighted by atomic mass is 9.89. The summed E-state index contributed by atoms with van der Waals surface area (Å²) in [5.74, 6) is -0.715. The van der Waals surface area contributed by atoms with Crippen LogP contribution in [0.15, 0.2) is 42.6 Å². The maximum Gasteiger partial charge on any atom is 0.399 e. The van der Waals surface area contributed by atoms with Crippen LogP contribution in [0.2, 0.25) is 0 Å². The monoisotopic (exact) mass is 632 g/mol. The Morgan fingerprint density at radius 1 is 1.12 bits per heavy atom. The van der Waals surface area contributed by atoms with E-state index in [9.17, 15) is 27.7 Å². The van der Waals surface area contributed by atoms with Gasteiger partial charge in [-0.1, -0.05) is 12.1 Å². The van der Waals surface area contributed by atoms with Crippen molar-refractivity contribution in [3.05, 3.63) is 64.3 Å². The number of rotatable bonds is 6. The van der Waals surface area contributed by atoms with Crippen LogP contribution >= 0.6 is 18.9 Å². The number of halogens is 2. The average Bonchev–Trinajstić information content (AvgIpc) is 3.52. The average molecular weight is 633 g/mol. The molecule has 3 fully saturated rings. The van der Waals surface area contributed by atoms with E-state index in [0.29, 0.717) is 37.1 Å². The van der Waals surface area contributed by atoms with Gasteiger partial charge in [-0.15, -0.1) is 11.3 Å². The number of hydrogen-bond donors (Lipinski definition) is 3. The lowest BCUT2D eigenvalue weighted by molar-refractivity contribution is -0.148. The smallest absolute Gasteiger partial charge is 0.340 e. The van der Waals surface area contributed by atoms with Crippen molar-refractivity contribution >= 4 is 46.7 Å². The maximum atomic E-state index is 14.2. The summed E-state index contributed by atoms with van der Waals surface area (Å²) in [6, 6.07) is 6.96. The highest BCUT2D eigenvalue weighted by atomic mass is 32.1. The molecule has 3 aromatic rings. The number of likely N-dealkylation sites (tertiary alicyclic amines) is 1. The summed E-state index contributed by atoms with van der Waals surface area (Å²) in [6.07, 6.45) is 4.87. The molecule has 3 N–H and O–H groups in total. The van der Waals surface area contributed by atoms with E-state index >= 15 is 0 Å². The van der Waals surface area contributed by atoms with E-state index in [0.717, 1.165) is 47.6 Å². The molecule has 2 aromatic heterocycles. The molecule has 10 nitrogen and oxygen atoms in total. The first-order valence-electron chi connectivity index (χ1n) is 14.2. The van der Waals surface area contributed by atoms with Crippen molar-refractivity contribution in [3.8, 4) is 0 Å². The Hall–Kier alpha value is -3.25. The van der Waals surface area contributed by atoms with E-state index in [4.69, 9.17) is 9.79 Å². The summed E-state index contributed by atoms with van der Waals surface area (Å²) in [7, 11) is -5.74. The highest BCUT2D eigenvalue weighted by Crippen LogP contribution is 2.59. The molecule has 43 heavy (non-hydrogen) atoms. The first-order valence-corrected chi connectivity index (χ1v) is 16.6. The Kier molecular flexibility index (Phi) is 7.65. The minimum atomic E-state index is -5.74. The van der Waals surface area contributed by atoms with E-state index in [1.54, 1.807) is 16.0 Å². The van der Waals surface area contributed by atoms with Crippen molar-refractivity contribution < 1.29 is 37.5 Å². The number of hydrogen-bond acceptors (Lipinski definition) is 6. The van der Waals surface area contributed by atoms with E-state index in [1.165, 1.54) is 12.1 Å². The molecule has 228 valence electrons. The molecule has 0 saturated carbocycles. The molecule has 0 unspecified atom stereocenters. The topological polar surface area (TPSA) is 140 Å². The second-order valence-corrected chi connectivity index (χ2v) is 14.2. The van der Waals surface area contributed by atoms with Crippen LogP contribution in [0.1, 0.15) is 64.5 Å². The Bertz CT molecular complexity index is 1650. The second kappa shape index (κ2) is 11.0. The largest absolute Gasteiger partial charge is 0.399 e. The number of nitrogens with zero attached hydrogens (tertiary/aromatic N) is 3. The van der Waals surface area contributed by atoms with Crippen LogP contribution < -0.4 is 5.32 Å². The molecular formula is C29H31F2N4O6PS. The van der Waals surface area contributed by atoms with Gasteiger partial charge in [0.2, 0.25) is 11.8 Å². The Morgan fingerprint density at radius 3 is 2.60 bits per heavy atom. The SMILES string of the molecule is Cc1ncccc1C1CN(C(=O)[C@@H]2CC[C@@H]3CCC[C@H](NC(=O)c4cc5cc(C(F)(F)P(=O)(O)O)ccc5s4)C(=O)N32)C1. The Balaban J connectivity index is 1.15. The molecule has 0 radical (unpaired) electrons. The zero-order valence-electron chi connectivity index (χ0n) is 23.3. The van der Waals surface area contributed by atoms with Gasteiger partial charge in [-0.05, 0) is 74.2 Å². The number of amides is 3. The lowest BCUT2D eigenvalue weighted by Gasteiger charge is -2.43. The zero-order chi connectivity index (χ0) is 30.7. The quantitative estimate of drug-likeness (QED) is 0.348. The number of aryl methyl sites for hydroxylation is 1. The fourth-order valence-corrected chi connectivity index (χ4v) is 7.89. The molecule has 1 aromatic carbocycles. The molecule has 0 spiro atoms. The zero-order valence-corrected chi connectivity index (χ0v) is 25.0. The standard InChI is InChI=1S/C29H31F2N4O6PS/c1-16-21(5-3-11-32-16)18-14-34(15-18)28(38)23-9-8-20-4-2-6-22(27(37)35(20)23)33-26(36)25-13-17-12-19(7-10-24(17)43-25)29(30,31)42(39,40)41/h3,5,7,10-13,18,20,22-23H,2,4,6,8-9,14-15H2,1H3,(H,33,36)(H2,39,40,41)/t20-,22-,23-/m0/s1. The van der Waals surface area contributed by atoms with Gasteiger partial charge in [0, 0.05) is 47.2 Å². The van der Waals surface area contributed by atoms with Gasteiger partial charge in [0.05, 0.1) is 4.88 Å². The molecule has 0 bridgehead atoms. The van der Waals surface area contributed by atoms with Gasteiger partial charge < -0.3 is 24.9 Å².